The highest BCUT2D eigenvalue weighted by Gasteiger charge is 2.43. The molecule has 2 aliphatic rings. The number of anilines is 1. The third-order valence-corrected chi connectivity index (χ3v) is 7.33. The second-order valence-electron chi connectivity index (χ2n) is 8.87. The summed E-state index contributed by atoms with van der Waals surface area (Å²) in [6.45, 7) is 1.92. The van der Waals surface area contributed by atoms with Crippen LogP contribution in [0.25, 0.3) is 5.76 Å². The van der Waals surface area contributed by atoms with Crippen molar-refractivity contribution in [3.8, 4) is 0 Å². The number of benzene rings is 3. The van der Waals surface area contributed by atoms with E-state index in [-0.39, 0.29) is 17.4 Å². The Bertz CT molecular complexity index is 1390. The van der Waals surface area contributed by atoms with Crippen LogP contribution in [0, 0.1) is 12.3 Å². The number of Topliss-reactive ketones (excluding diaryl/α,β-unsaturated/α-hetero) is 1. The number of carbonyl (C=O) groups is 1. The molecule has 0 amide bonds. The molecular formula is C29H24Cl2N2O2. The minimum Gasteiger partial charge on any atom is -0.507 e. The van der Waals surface area contributed by atoms with Gasteiger partial charge < -0.3 is 5.11 Å². The van der Waals surface area contributed by atoms with Crippen molar-refractivity contribution in [1.82, 2.24) is 0 Å². The van der Waals surface area contributed by atoms with Gasteiger partial charge in [0.15, 0.2) is 5.78 Å². The molecule has 1 aliphatic carbocycles. The number of hydrogen-bond acceptors (Lipinski definition) is 3. The van der Waals surface area contributed by atoms with Gasteiger partial charge in [0.05, 0.1) is 0 Å². The molecule has 0 saturated carbocycles. The number of nitrogens with zero attached hydrogens (tertiary/aromatic N) is 1. The second-order valence-corrected chi connectivity index (χ2v) is 9.71. The van der Waals surface area contributed by atoms with E-state index >= 15 is 0 Å². The van der Waals surface area contributed by atoms with Gasteiger partial charge in [0.1, 0.15) is 11.6 Å². The van der Waals surface area contributed by atoms with E-state index < -0.39 is 5.92 Å². The van der Waals surface area contributed by atoms with Crippen molar-refractivity contribution in [2.24, 2.45) is 0 Å². The molecule has 0 fully saturated rings. The van der Waals surface area contributed by atoms with E-state index in [4.69, 9.17) is 23.2 Å². The molecule has 35 heavy (non-hydrogen) atoms. The highest BCUT2D eigenvalue weighted by atomic mass is 35.5. The zero-order valence-electron chi connectivity index (χ0n) is 19.2. The summed E-state index contributed by atoms with van der Waals surface area (Å²) in [6, 6.07) is 22.0. The Labute approximate surface area is 214 Å². The minimum atomic E-state index is -0.583. The van der Waals surface area contributed by atoms with Crippen molar-refractivity contribution in [2.45, 2.75) is 32.1 Å². The summed E-state index contributed by atoms with van der Waals surface area (Å²) in [7, 11) is 0. The molecule has 4 nitrogen and oxygen atoms in total. The zero-order valence-corrected chi connectivity index (χ0v) is 20.7. The van der Waals surface area contributed by atoms with Crippen LogP contribution in [0.4, 0.5) is 5.69 Å². The molecule has 1 aliphatic heterocycles. The van der Waals surface area contributed by atoms with E-state index in [2.05, 4.69) is 0 Å². The van der Waals surface area contributed by atoms with Crippen molar-refractivity contribution in [3.05, 3.63) is 116 Å². The number of aliphatic hydroxyl groups excluding tert-OH is 1. The van der Waals surface area contributed by atoms with Gasteiger partial charge in [-0.05, 0) is 55.2 Å². The van der Waals surface area contributed by atoms with E-state index in [0.717, 1.165) is 16.8 Å². The molecule has 6 heteroatoms. The van der Waals surface area contributed by atoms with Crippen LogP contribution in [-0.2, 0) is 4.79 Å². The number of halogens is 2. The molecule has 3 aromatic carbocycles. The number of nitrogens with one attached hydrogen (secondary N) is 1. The molecule has 0 saturated heterocycles. The molecular weight excluding hydrogens is 479 g/mol. The first-order valence-corrected chi connectivity index (χ1v) is 12.3. The summed E-state index contributed by atoms with van der Waals surface area (Å²) >= 11 is 12.6. The predicted molar refractivity (Wildman–Crippen MR) is 142 cm³/mol. The Kier molecular flexibility index (Phi) is 6.26. The smallest absolute Gasteiger partial charge is 0.161 e. The lowest BCUT2D eigenvalue weighted by Crippen LogP contribution is -2.42. The fraction of sp³-hybridized carbons (Fsp3) is 0.172. The summed E-state index contributed by atoms with van der Waals surface area (Å²) in [5, 5.41) is 22.1. The highest BCUT2D eigenvalue weighted by Crippen LogP contribution is 2.48. The topological polar surface area (TPSA) is 64.4 Å². The van der Waals surface area contributed by atoms with E-state index in [1.807, 2.05) is 55.5 Å². The molecule has 0 spiro atoms. The fourth-order valence-corrected chi connectivity index (χ4v) is 5.24. The van der Waals surface area contributed by atoms with Gasteiger partial charge in [-0.15, -0.1) is 0 Å². The van der Waals surface area contributed by atoms with Crippen molar-refractivity contribution < 1.29 is 9.90 Å². The summed E-state index contributed by atoms with van der Waals surface area (Å²) in [5.74, 6) is -0.455. The highest BCUT2D eigenvalue weighted by molar-refractivity contribution is 6.32. The predicted octanol–water partition coefficient (Wildman–Crippen LogP) is 7.86. The van der Waals surface area contributed by atoms with Gasteiger partial charge in [-0.1, -0.05) is 71.7 Å². The van der Waals surface area contributed by atoms with Crippen LogP contribution in [-0.4, -0.2) is 16.7 Å². The van der Waals surface area contributed by atoms with Crippen LogP contribution in [0.5, 0.6) is 0 Å². The molecule has 176 valence electrons. The van der Waals surface area contributed by atoms with Crippen LogP contribution < -0.4 is 4.90 Å². The summed E-state index contributed by atoms with van der Waals surface area (Å²) in [6.07, 6.45) is 1.79. The van der Waals surface area contributed by atoms with Crippen LogP contribution in [0.1, 0.15) is 41.9 Å². The minimum absolute atomic E-state index is 0.0244. The maximum atomic E-state index is 13.5. The van der Waals surface area contributed by atoms with Gasteiger partial charge in [-0.25, -0.2) is 0 Å². The molecule has 1 heterocycles. The van der Waals surface area contributed by atoms with Crippen LogP contribution in [0.3, 0.4) is 0 Å². The molecule has 1 atom stereocenters. The normalized spacial score (nSPS) is 19.6. The quantitative estimate of drug-likeness (QED) is 0.358. The zero-order chi connectivity index (χ0) is 24.7. The molecule has 0 bridgehead atoms. The Morgan fingerprint density at radius 1 is 1.00 bits per heavy atom. The molecule has 0 radical (unpaired) electrons. The fourth-order valence-electron chi connectivity index (χ4n) is 4.94. The Morgan fingerprint density at radius 2 is 1.71 bits per heavy atom. The van der Waals surface area contributed by atoms with Gasteiger partial charge in [-0.2, -0.15) is 0 Å². The first-order valence-electron chi connectivity index (χ1n) is 11.5. The Balaban J connectivity index is 1.83. The van der Waals surface area contributed by atoms with Crippen LogP contribution in [0.2, 0.25) is 10.0 Å². The number of ketones is 1. The second kappa shape index (κ2) is 9.37. The molecule has 2 N–H and O–H groups in total. The molecule has 0 aromatic heterocycles. The number of amidine groups is 1. The number of carbonyl (C=O) groups excluding carboxylic acids is 1. The van der Waals surface area contributed by atoms with Gasteiger partial charge in [0.2, 0.25) is 0 Å². The van der Waals surface area contributed by atoms with E-state index in [1.165, 1.54) is 0 Å². The van der Waals surface area contributed by atoms with E-state index in [0.29, 0.717) is 51.7 Å². The Morgan fingerprint density at radius 3 is 2.40 bits per heavy atom. The Hall–Kier alpha value is -3.34. The van der Waals surface area contributed by atoms with Crippen molar-refractivity contribution in [1.29, 1.82) is 5.41 Å². The van der Waals surface area contributed by atoms with E-state index in [9.17, 15) is 15.3 Å². The lowest BCUT2D eigenvalue weighted by atomic mass is 9.73. The average molecular weight is 503 g/mol. The summed E-state index contributed by atoms with van der Waals surface area (Å²) < 4.78 is 0. The van der Waals surface area contributed by atoms with Crippen molar-refractivity contribution in [2.75, 3.05) is 4.90 Å². The largest absolute Gasteiger partial charge is 0.507 e. The third-order valence-electron chi connectivity index (χ3n) is 6.67. The molecule has 3 aromatic rings. The molecule has 5 rings (SSSR count). The third kappa shape index (κ3) is 4.18. The number of allylic oxidation sites excluding steroid dienone is 2. The first kappa shape index (κ1) is 23.4. The van der Waals surface area contributed by atoms with Gasteiger partial charge >= 0.3 is 0 Å². The summed E-state index contributed by atoms with van der Waals surface area (Å²) in [4.78, 5) is 15.3. The standard InChI is InChI=1S/C29H24Cl2N2O2/c1-17-10-15-21(16-22(17)31)33-23-8-5-9-24(34)26(23)25(18-11-13-20(30)14-12-18)27(29(33)32)28(35)19-6-3-2-4-7-19/h2-4,6-7,10-16,25,32,35H,5,8-9H2,1H3/b28-27+,32-29?. The van der Waals surface area contributed by atoms with Crippen molar-refractivity contribution in [3.63, 3.8) is 0 Å². The SMILES string of the molecule is Cc1ccc(N2C(=N)/C(=C(/O)c3ccccc3)C(c3ccc(Cl)cc3)C3=C2CCCC3=O)cc1Cl. The average Bonchev–Trinajstić information content (AvgIpc) is 2.86. The van der Waals surface area contributed by atoms with Gasteiger partial charge in [0, 0.05) is 50.5 Å². The van der Waals surface area contributed by atoms with Crippen LogP contribution in [0.15, 0.2) is 89.6 Å². The number of rotatable bonds is 3. The maximum absolute atomic E-state index is 13.5. The molecule has 1 unspecified atom stereocenters. The number of aryl methyl sites for hydroxylation is 1. The van der Waals surface area contributed by atoms with Gasteiger partial charge in [-0.3, -0.25) is 15.1 Å². The number of aliphatic hydroxyl groups is 1. The summed E-state index contributed by atoms with van der Waals surface area (Å²) in [5.41, 5.74) is 4.79. The lowest BCUT2D eigenvalue weighted by molar-refractivity contribution is -0.116. The monoisotopic (exact) mass is 502 g/mol. The van der Waals surface area contributed by atoms with Gasteiger partial charge in [0.25, 0.3) is 0 Å². The number of hydrogen-bond donors (Lipinski definition) is 2. The van der Waals surface area contributed by atoms with Crippen LogP contribution >= 0.6 is 23.2 Å². The van der Waals surface area contributed by atoms with E-state index in [1.54, 1.807) is 29.2 Å². The first-order chi connectivity index (χ1) is 16.9. The maximum Gasteiger partial charge on any atom is 0.161 e. The van der Waals surface area contributed by atoms with Crippen molar-refractivity contribution >= 4 is 46.3 Å². The lowest BCUT2D eigenvalue weighted by Gasteiger charge is -2.42.